The topological polar surface area (TPSA) is 131 Å². The number of benzene rings is 1. The van der Waals surface area contributed by atoms with Crippen LogP contribution in [0.3, 0.4) is 0 Å². The summed E-state index contributed by atoms with van der Waals surface area (Å²) in [5.74, 6) is -1.82. The van der Waals surface area contributed by atoms with Gasteiger partial charge in [-0.1, -0.05) is 18.5 Å². The minimum Gasteiger partial charge on any atom is -0.452 e. The summed E-state index contributed by atoms with van der Waals surface area (Å²) in [5, 5.41) is 4.40. The van der Waals surface area contributed by atoms with E-state index >= 15 is 0 Å². The summed E-state index contributed by atoms with van der Waals surface area (Å²) < 4.78 is 36.7. The minimum absolute atomic E-state index is 0.0305. The van der Waals surface area contributed by atoms with Crippen LogP contribution in [0.4, 0.5) is 4.79 Å². The lowest BCUT2D eigenvalue weighted by molar-refractivity contribution is -0.123. The molecule has 0 bridgehead atoms. The van der Waals surface area contributed by atoms with Crippen molar-refractivity contribution in [1.82, 2.24) is 14.9 Å². The molecule has 0 atom stereocenters. The van der Waals surface area contributed by atoms with Crippen molar-refractivity contribution in [3.63, 3.8) is 0 Å². The lowest BCUT2D eigenvalue weighted by Gasteiger charge is -2.26. The number of hydrogen-bond acceptors (Lipinski definition) is 7. The number of morpholine rings is 1. The second-order valence-electron chi connectivity index (χ2n) is 6.04. The van der Waals surface area contributed by atoms with Crippen LogP contribution >= 0.6 is 11.6 Å². The number of imide groups is 1. The smallest absolute Gasteiger partial charge is 0.340 e. The number of urea groups is 1. The number of carbonyl (C=O) groups is 3. The van der Waals surface area contributed by atoms with E-state index in [9.17, 15) is 22.8 Å². The minimum atomic E-state index is -3.84. The average Bonchev–Trinajstić information content (AvgIpc) is 2.71. The number of amides is 3. The molecule has 0 radical (unpaired) electrons. The highest BCUT2D eigenvalue weighted by atomic mass is 35.5. The summed E-state index contributed by atoms with van der Waals surface area (Å²) in [4.78, 5) is 35.2. The van der Waals surface area contributed by atoms with Gasteiger partial charge in [0, 0.05) is 19.6 Å². The second-order valence-corrected chi connectivity index (χ2v) is 8.38. The molecule has 1 aromatic rings. The van der Waals surface area contributed by atoms with Gasteiger partial charge in [-0.2, -0.15) is 4.31 Å². The molecule has 29 heavy (non-hydrogen) atoms. The summed E-state index contributed by atoms with van der Waals surface area (Å²) in [7, 11) is -3.84. The van der Waals surface area contributed by atoms with Crippen LogP contribution in [0.5, 0.6) is 0 Å². The van der Waals surface area contributed by atoms with Crippen molar-refractivity contribution in [3.8, 4) is 0 Å². The molecule has 160 valence electrons. The number of nitrogens with zero attached hydrogens (tertiary/aromatic N) is 1. The molecule has 10 nitrogen and oxygen atoms in total. The Morgan fingerprint density at radius 1 is 1.24 bits per heavy atom. The van der Waals surface area contributed by atoms with E-state index in [2.05, 4.69) is 5.32 Å². The fourth-order valence-electron chi connectivity index (χ4n) is 2.41. The van der Waals surface area contributed by atoms with Crippen LogP contribution in [0.2, 0.25) is 5.02 Å². The van der Waals surface area contributed by atoms with Crippen LogP contribution in [0.25, 0.3) is 0 Å². The molecular formula is C17H22ClN3O7S. The number of halogens is 1. The Morgan fingerprint density at radius 2 is 1.93 bits per heavy atom. The lowest BCUT2D eigenvalue weighted by Crippen LogP contribution is -2.41. The number of carbonyl (C=O) groups excluding carboxylic acids is 3. The van der Waals surface area contributed by atoms with Crippen LogP contribution in [0.15, 0.2) is 23.1 Å². The van der Waals surface area contributed by atoms with Crippen LogP contribution < -0.4 is 10.6 Å². The Morgan fingerprint density at radius 3 is 2.59 bits per heavy atom. The lowest BCUT2D eigenvalue weighted by atomic mass is 10.2. The van der Waals surface area contributed by atoms with Crippen molar-refractivity contribution in [2.75, 3.05) is 39.5 Å². The zero-order valence-corrected chi connectivity index (χ0v) is 17.3. The Balaban J connectivity index is 2.04. The Labute approximate surface area is 173 Å². The molecule has 0 spiro atoms. The third kappa shape index (κ3) is 6.39. The standard InChI is InChI=1S/C17H22ClN3O7S/c1-2-5-19-17(24)20-15(22)11-28-16(23)13-10-12(3-4-14(13)18)29(25,26)21-6-8-27-9-7-21/h3-4,10H,2,5-9,11H2,1H3,(H2,19,20,22,24). The van der Waals surface area contributed by atoms with E-state index in [-0.39, 0.29) is 41.8 Å². The molecule has 1 aliphatic rings. The first-order valence-electron chi connectivity index (χ1n) is 8.88. The summed E-state index contributed by atoms with van der Waals surface area (Å²) in [5.41, 5.74) is -0.204. The van der Waals surface area contributed by atoms with Gasteiger partial charge in [0.05, 0.1) is 28.7 Å². The van der Waals surface area contributed by atoms with Crippen molar-refractivity contribution < 1.29 is 32.3 Å². The fourth-order valence-corrected chi connectivity index (χ4v) is 4.04. The van der Waals surface area contributed by atoms with E-state index in [1.165, 1.54) is 16.4 Å². The van der Waals surface area contributed by atoms with E-state index in [1.807, 2.05) is 12.2 Å². The van der Waals surface area contributed by atoms with Crippen molar-refractivity contribution in [3.05, 3.63) is 28.8 Å². The average molecular weight is 448 g/mol. The van der Waals surface area contributed by atoms with Gasteiger partial charge in [-0.15, -0.1) is 0 Å². The van der Waals surface area contributed by atoms with Gasteiger partial charge in [-0.05, 0) is 24.6 Å². The van der Waals surface area contributed by atoms with Crippen LogP contribution in [0.1, 0.15) is 23.7 Å². The Kier molecular flexibility index (Phi) is 8.38. The van der Waals surface area contributed by atoms with E-state index < -0.39 is 34.5 Å². The van der Waals surface area contributed by atoms with Gasteiger partial charge in [-0.25, -0.2) is 18.0 Å². The van der Waals surface area contributed by atoms with Gasteiger partial charge in [0.2, 0.25) is 10.0 Å². The first-order valence-corrected chi connectivity index (χ1v) is 10.7. The second kappa shape index (κ2) is 10.5. The molecule has 12 heteroatoms. The van der Waals surface area contributed by atoms with Gasteiger partial charge in [-0.3, -0.25) is 10.1 Å². The predicted molar refractivity (Wildman–Crippen MR) is 103 cm³/mol. The summed E-state index contributed by atoms with van der Waals surface area (Å²) in [6.07, 6.45) is 0.693. The number of sulfonamides is 1. The van der Waals surface area contributed by atoms with Gasteiger partial charge in [0.25, 0.3) is 5.91 Å². The van der Waals surface area contributed by atoms with Gasteiger partial charge in [0.15, 0.2) is 6.61 Å². The molecule has 1 aliphatic heterocycles. The molecule has 0 saturated carbocycles. The van der Waals surface area contributed by atoms with E-state index in [0.717, 1.165) is 6.07 Å². The molecule has 2 rings (SSSR count). The zero-order chi connectivity index (χ0) is 21.4. The molecule has 1 fully saturated rings. The molecule has 3 amide bonds. The number of nitrogens with one attached hydrogen (secondary N) is 2. The van der Waals surface area contributed by atoms with Gasteiger partial charge >= 0.3 is 12.0 Å². The van der Waals surface area contributed by atoms with E-state index in [0.29, 0.717) is 13.0 Å². The first kappa shape index (κ1) is 23.1. The van der Waals surface area contributed by atoms with Gasteiger partial charge < -0.3 is 14.8 Å². The van der Waals surface area contributed by atoms with Crippen molar-refractivity contribution >= 4 is 39.5 Å². The predicted octanol–water partition coefficient (Wildman–Crippen LogP) is 0.754. The number of esters is 1. The monoisotopic (exact) mass is 447 g/mol. The Bertz CT molecular complexity index is 870. The van der Waals surface area contributed by atoms with Crippen molar-refractivity contribution in [1.29, 1.82) is 0 Å². The quantitative estimate of drug-likeness (QED) is 0.589. The number of hydrogen-bond donors (Lipinski definition) is 2. The first-order chi connectivity index (χ1) is 13.8. The maximum Gasteiger partial charge on any atom is 0.340 e. The highest BCUT2D eigenvalue weighted by molar-refractivity contribution is 7.89. The van der Waals surface area contributed by atoms with Crippen LogP contribution in [-0.2, 0) is 24.3 Å². The molecule has 0 unspecified atom stereocenters. The molecule has 2 N–H and O–H groups in total. The number of ether oxygens (including phenoxy) is 2. The van der Waals surface area contributed by atoms with Crippen molar-refractivity contribution in [2.24, 2.45) is 0 Å². The molecule has 1 aromatic carbocycles. The third-order valence-corrected chi connectivity index (χ3v) is 6.11. The maximum absolute atomic E-state index is 12.7. The number of rotatable bonds is 7. The largest absolute Gasteiger partial charge is 0.452 e. The Hall–Kier alpha value is -2.21. The summed E-state index contributed by atoms with van der Waals surface area (Å²) >= 11 is 5.99. The normalized spacial score (nSPS) is 14.8. The zero-order valence-electron chi connectivity index (χ0n) is 15.8. The van der Waals surface area contributed by atoms with E-state index in [1.54, 1.807) is 0 Å². The summed E-state index contributed by atoms with van der Waals surface area (Å²) in [6.45, 7) is 2.47. The van der Waals surface area contributed by atoms with Gasteiger partial charge in [0.1, 0.15) is 0 Å². The molecular weight excluding hydrogens is 426 g/mol. The molecule has 1 saturated heterocycles. The fraction of sp³-hybridized carbons (Fsp3) is 0.471. The summed E-state index contributed by atoms with van der Waals surface area (Å²) in [6, 6.07) is 2.95. The van der Waals surface area contributed by atoms with Crippen LogP contribution in [-0.4, -0.2) is 70.1 Å². The molecule has 0 aromatic heterocycles. The van der Waals surface area contributed by atoms with Crippen molar-refractivity contribution in [2.45, 2.75) is 18.2 Å². The maximum atomic E-state index is 12.7. The highest BCUT2D eigenvalue weighted by Crippen LogP contribution is 2.24. The van der Waals surface area contributed by atoms with E-state index in [4.69, 9.17) is 21.1 Å². The van der Waals surface area contributed by atoms with Crippen LogP contribution in [0, 0.1) is 0 Å². The molecule has 0 aliphatic carbocycles. The third-order valence-electron chi connectivity index (χ3n) is 3.89. The molecule has 1 heterocycles. The highest BCUT2D eigenvalue weighted by Gasteiger charge is 2.28. The SMILES string of the molecule is CCCNC(=O)NC(=O)COC(=O)c1cc(S(=O)(=O)N2CCOCC2)ccc1Cl.